The van der Waals surface area contributed by atoms with Gasteiger partial charge in [0.15, 0.2) is 10.6 Å². The molecule has 0 saturated heterocycles. The first kappa shape index (κ1) is 18.5. The lowest BCUT2D eigenvalue weighted by molar-refractivity contribution is 0.0519. The summed E-state index contributed by atoms with van der Waals surface area (Å²) in [5.41, 5.74) is -0.990. The summed E-state index contributed by atoms with van der Waals surface area (Å²) < 4.78 is 10.8. The molecule has 0 aliphatic carbocycles. The molecule has 1 N–H and O–H groups in total. The highest BCUT2D eigenvalue weighted by molar-refractivity contribution is 7.15. The van der Waals surface area contributed by atoms with Gasteiger partial charge >= 0.3 is 11.9 Å². The van der Waals surface area contributed by atoms with Gasteiger partial charge in [0.25, 0.3) is 0 Å². The number of aromatic carboxylic acids is 1. The molecule has 0 aliphatic rings. The van der Waals surface area contributed by atoms with Crippen LogP contribution >= 0.6 is 11.3 Å². The second-order valence-corrected chi connectivity index (χ2v) is 7.98. The summed E-state index contributed by atoms with van der Waals surface area (Å²) in [6.45, 7) is 13.1. The van der Waals surface area contributed by atoms with Gasteiger partial charge in [-0.25, -0.2) is 9.59 Å². The van der Waals surface area contributed by atoms with E-state index in [2.05, 4.69) is 0 Å². The normalized spacial score (nSPS) is 12.1. The molecule has 1 aromatic rings. The van der Waals surface area contributed by atoms with E-state index in [0.29, 0.717) is 4.88 Å². The van der Waals surface area contributed by atoms with E-state index in [4.69, 9.17) is 9.47 Å². The van der Waals surface area contributed by atoms with Crippen molar-refractivity contribution in [3.8, 4) is 5.75 Å². The number of ether oxygens (including phenoxy) is 2. The van der Waals surface area contributed by atoms with Gasteiger partial charge in [0.05, 0.1) is 6.61 Å². The summed E-state index contributed by atoms with van der Waals surface area (Å²) in [5.74, 6) is -1.55. The third-order valence-electron chi connectivity index (χ3n) is 2.63. The van der Waals surface area contributed by atoms with Crippen molar-refractivity contribution >= 4 is 23.3 Å². The first-order valence-electron chi connectivity index (χ1n) is 7.15. The molecule has 1 rings (SSSR count). The molecule has 0 amide bonds. The predicted octanol–water partition coefficient (Wildman–Crippen LogP) is 4.10. The van der Waals surface area contributed by atoms with Crippen LogP contribution in [0.15, 0.2) is 0 Å². The summed E-state index contributed by atoms with van der Waals surface area (Å²) in [6.07, 6.45) is 0. The van der Waals surface area contributed by atoms with Crippen LogP contribution in [0.5, 0.6) is 5.75 Å². The molecule has 0 atom stereocenters. The average molecular weight is 328 g/mol. The van der Waals surface area contributed by atoms with Crippen molar-refractivity contribution in [3.63, 3.8) is 0 Å². The molecule has 0 radical (unpaired) electrons. The third-order valence-corrected chi connectivity index (χ3v) is 4.21. The van der Waals surface area contributed by atoms with Crippen LogP contribution in [0.2, 0.25) is 0 Å². The van der Waals surface area contributed by atoms with Crippen molar-refractivity contribution in [2.24, 2.45) is 0 Å². The Morgan fingerprint density at radius 2 is 1.68 bits per heavy atom. The fraction of sp³-hybridized carbons (Fsp3) is 0.625. The molecule has 0 spiro atoms. The molecule has 0 saturated carbocycles. The van der Waals surface area contributed by atoms with Gasteiger partial charge in [-0.05, 0) is 33.1 Å². The molecule has 5 nitrogen and oxygen atoms in total. The Labute approximate surface area is 135 Å². The molecule has 0 aromatic carbocycles. The topological polar surface area (TPSA) is 72.8 Å². The predicted molar refractivity (Wildman–Crippen MR) is 86.3 cm³/mol. The van der Waals surface area contributed by atoms with Gasteiger partial charge in [-0.3, -0.25) is 0 Å². The van der Waals surface area contributed by atoms with E-state index in [-0.39, 0.29) is 22.8 Å². The van der Waals surface area contributed by atoms with Gasteiger partial charge in [0.1, 0.15) is 11.2 Å². The van der Waals surface area contributed by atoms with Crippen LogP contribution in [-0.2, 0) is 10.2 Å². The smallest absolute Gasteiger partial charge is 0.352 e. The van der Waals surface area contributed by atoms with E-state index in [0.717, 1.165) is 11.3 Å². The maximum atomic E-state index is 12.2. The van der Waals surface area contributed by atoms with Crippen LogP contribution in [0.3, 0.4) is 0 Å². The summed E-state index contributed by atoms with van der Waals surface area (Å²) in [5, 5.41) is 9.61. The van der Waals surface area contributed by atoms with Gasteiger partial charge in [-0.1, -0.05) is 20.8 Å². The number of rotatable bonds is 4. The van der Waals surface area contributed by atoms with E-state index in [1.54, 1.807) is 6.92 Å². The summed E-state index contributed by atoms with van der Waals surface area (Å²) in [7, 11) is 0. The molecule has 22 heavy (non-hydrogen) atoms. The number of carboxylic acids is 1. The van der Waals surface area contributed by atoms with Crippen molar-refractivity contribution in [2.45, 2.75) is 59.5 Å². The standard InChI is InChI=1S/C16H24O5S/c1-8-20-14(19)11-10(21-16(5,6)7)9(13(17)18)12(22-11)15(2,3)4/h8H2,1-7H3,(H,17,18). The van der Waals surface area contributed by atoms with Crippen molar-refractivity contribution < 1.29 is 24.2 Å². The average Bonchev–Trinajstić information content (AvgIpc) is 2.66. The van der Waals surface area contributed by atoms with Crippen LogP contribution in [0.25, 0.3) is 0 Å². The van der Waals surface area contributed by atoms with Crippen LogP contribution in [-0.4, -0.2) is 29.3 Å². The highest BCUT2D eigenvalue weighted by atomic mass is 32.1. The molecular formula is C16H24O5S. The summed E-state index contributed by atoms with van der Waals surface area (Å²) in [6, 6.07) is 0. The fourth-order valence-corrected chi connectivity index (χ4v) is 3.04. The minimum Gasteiger partial charge on any atom is -0.485 e. The van der Waals surface area contributed by atoms with E-state index < -0.39 is 23.0 Å². The maximum absolute atomic E-state index is 12.2. The van der Waals surface area contributed by atoms with Crippen molar-refractivity contribution in [1.29, 1.82) is 0 Å². The summed E-state index contributed by atoms with van der Waals surface area (Å²) >= 11 is 1.13. The van der Waals surface area contributed by atoms with Gasteiger partial charge in [0, 0.05) is 4.88 Å². The lowest BCUT2D eigenvalue weighted by Crippen LogP contribution is -2.25. The quantitative estimate of drug-likeness (QED) is 0.842. The third kappa shape index (κ3) is 4.22. The molecule has 6 heteroatoms. The zero-order chi connectivity index (χ0) is 17.3. The first-order valence-corrected chi connectivity index (χ1v) is 7.96. The molecule has 0 aliphatic heterocycles. The zero-order valence-corrected chi connectivity index (χ0v) is 15.0. The first-order chi connectivity index (χ1) is 9.88. The Morgan fingerprint density at radius 1 is 1.14 bits per heavy atom. The van der Waals surface area contributed by atoms with Gasteiger partial charge in [-0.2, -0.15) is 0 Å². The molecule has 0 bridgehead atoms. The second-order valence-electron chi connectivity index (χ2n) is 6.95. The second kappa shape index (κ2) is 6.28. The number of carbonyl (C=O) groups excluding carboxylic acids is 1. The molecule has 0 unspecified atom stereocenters. The Morgan fingerprint density at radius 3 is 2.05 bits per heavy atom. The Balaban J connectivity index is 3.61. The molecule has 1 heterocycles. The lowest BCUT2D eigenvalue weighted by atomic mass is 9.91. The Kier molecular flexibility index (Phi) is 5.28. The van der Waals surface area contributed by atoms with E-state index in [1.165, 1.54) is 0 Å². The van der Waals surface area contributed by atoms with Gasteiger partial charge < -0.3 is 14.6 Å². The SMILES string of the molecule is CCOC(=O)c1sc(C(C)(C)C)c(C(=O)O)c1OC(C)(C)C. The minimum absolute atomic E-state index is 0.0514. The van der Waals surface area contributed by atoms with E-state index in [1.807, 2.05) is 41.5 Å². The maximum Gasteiger partial charge on any atom is 0.352 e. The van der Waals surface area contributed by atoms with Crippen molar-refractivity contribution in [1.82, 2.24) is 0 Å². The highest BCUT2D eigenvalue weighted by Crippen LogP contribution is 2.43. The lowest BCUT2D eigenvalue weighted by Gasteiger charge is -2.23. The van der Waals surface area contributed by atoms with Gasteiger partial charge in [-0.15, -0.1) is 11.3 Å². The number of hydrogen-bond donors (Lipinski definition) is 1. The summed E-state index contributed by atoms with van der Waals surface area (Å²) in [4.78, 5) is 24.7. The number of carboxylic acid groups (broad SMARTS) is 1. The fourth-order valence-electron chi connectivity index (χ4n) is 1.87. The number of thiophene rings is 1. The number of hydrogen-bond acceptors (Lipinski definition) is 5. The monoisotopic (exact) mass is 328 g/mol. The minimum atomic E-state index is -1.10. The molecular weight excluding hydrogens is 304 g/mol. The van der Waals surface area contributed by atoms with Crippen LogP contribution in [0, 0.1) is 0 Å². The van der Waals surface area contributed by atoms with Crippen molar-refractivity contribution in [3.05, 3.63) is 15.3 Å². The van der Waals surface area contributed by atoms with Crippen LogP contribution < -0.4 is 4.74 Å². The van der Waals surface area contributed by atoms with E-state index >= 15 is 0 Å². The van der Waals surface area contributed by atoms with Crippen molar-refractivity contribution in [2.75, 3.05) is 6.61 Å². The molecule has 0 fully saturated rings. The molecule has 124 valence electrons. The Hall–Kier alpha value is -1.56. The van der Waals surface area contributed by atoms with Crippen LogP contribution in [0.1, 0.15) is 73.4 Å². The van der Waals surface area contributed by atoms with Crippen LogP contribution in [0.4, 0.5) is 0 Å². The number of carbonyl (C=O) groups is 2. The van der Waals surface area contributed by atoms with E-state index in [9.17, 15) is 14.7 Å². The molecule has 1 aromatic heterocycles. The Bertz CT molecular complexity index is 573. The zero-order valence-electron chi connectivity index (χ0n) is 14.2. The van der Waals surface area contributed by atoms with Gasteiger partial charge in [0.2, 0.25) is 0 Å². The largest absolute Gasteiger partial charge is 0.485 e. The highest BCUT2D eigenvalue weighted by Gasteiger charge is 2.35. The number of esters is 1.